The second-order valence-electron chi connectivity index (χ2n) is 9.69. The fourth-order valence-corrected chi connectivity index (χ4v) is 6.19. The Kier molecular flexibility index (Phi) is 4.76. The highest BCUT2D eigenvalue weighted by Gasteiger charge is 2.50. The maximum Gasteiger partial charge on any atom is 0.233 e. The molecule has 6 nitrogen and oxygen atoms in total. The SMILES string of the molecule is Cc1ccc(-n2nnnc2SCC(=O)N2C[C@]3(C)C[C@H]2CC(C)(C)C3)c(C)c1. The number of nitrogens with zero attached hydrogens (tertiary/aromatic N) is 5. The number of likely N-dealkylation sites (tertiary alicyclic amines) is 1. The first-order valence-corrected chi connectivity index (χ1v) is 10.9. The molecule has 1 aliphatic carbocycles. The van der Waals surface area contributed by atoms with Gasteiger partial charge in [0.1, 0.15) is 0 Å². The maximum atomic E-state index is 13.0. The van der Waals surface area contributed by atoms with E-state index in [-0.39, 0.29) is 11.3 Å². The Bertz CT molecular complexity index is 908. The average Bonchev–Trinajstić information content (AvgIpc) is 3.13. The van der Waals surface area contributed by atoms with Crippen LogP contribution in [0.4, 0.5) is 0 Å². The molecule has 1 aromatic carbocycles. The zero-order chi connectivity index (χ0) is 20.1. The minimum absolute atomic E-state index is 0.201. The van der Waals surface area contributed by atoms with Gasteiger partial charge >= 0.3 is 0 Å². The highest BCUT2D eigenvalue weighted by Crippen LogP contribution is 2.52. The Morgan fingerprint density at radius 1 is 1.25 bits per heavy atom. The van der Waals surface area contributed by atoms with E-state index in [1.54, 1.807) is 4.68 Å². The van der Waals surface area contributed by atoms with Gasteiger partial charge in [0.2, 0.25) is 11.1 Å². The molecule has 1 saturated carbocycles. The summed E-state index contributed by atoms with van der Waals surface area (Å²) in [4.78, 5) is 15.1. The molecule has 1 amide bonds. The number of benzene rings is 1. The summed E-state index contributed by atoms with van der Waals surface area (Å²) in [5.41, 5.74) is 3.84. The number of fused-ring (bicyclic) bond motifs is 2. The van der Waals surface area contributed by atoms with Crippen LogP contribution < -0.4 is 0 Å². The highest BCUT2D eigenvalue weighted by atomic mass is 32.2. The standard InChI is InChI=1S/C21H29N5OS/c1-14-6-7-17(15(2)8-14)26-19(22-23-24-26)28-11-18(27)25-13-21(5)10-16(25)9-20(3,4)12-21/h6-8,16H,9-13H2,1-5H3/t16-,21-/m1/s1. The van der Waals surface area contributed by atoms with Crippen LogP contribution in [0.2, 0.25) is 0 Å². The molecule has 1 saturated heterocycles. The van der Waals surface area contributed by atoms with E-state index in [9.17, 15) is 4.79 Å². The molecular formula is C21H29N5OS. The molecule has 0 spiro atoms. The van der Waals surface area contributed by atoms with Crippen molar-refractivity contribution in [3.63, 3.8) is 0 Å². The number of rotatable bonds is 4. The normalized spacial score (nSPS) is 25.9. The van der Waals surface area contributed by atoms with Crippen molar-refractivity contribution in [3.8, 4) is 5.69 Å². The lowest BCUT2D eigenvalue weighted by Crippen LogP contribution is -2.38. The van der Waals surface area contributed by atoms with Gasteiger partial charge in [-0.3, -0.25) is 4.79 Å². The van der Waals surface area contributed by atoms with Crippen LogP contribution >= 0.6 is 11.8 Å². The van der Waals surface area contributed by atoms with Crippen LogP contribution in [0.3, 0.4) is 0 Å². The van der Waals surface area contributed by atoms with Gasteiger partial charge in [-0.2, -0.15) is 4.68 Å². The van der Waals surface area contributed by atoms with E-state index >= 15 is 0 Å². The molecular weight excluding hydrogens is 370 g/mol. The van der Waals surface area contributed by atoms with Gasteiger partial charge in [-0.25, -0.2) is 0 Å². The Balaban J connectivity index is 1.46. The summed E-state index contributed by atoms with van der Waals surface area (Å²) in [5.74, 6) is 0.574. The first-order chi connectivity index (χ1) is 13.2. The zero-order valence-electron chi connectivity index (χ0n) is 17.4. The molecule has 2 heterocycles. The minimum Gasteiger partial charge on any atom is -0.338 e. The number of carbonyl (C=O) groups excluding carboxylic acids is 1. The molecule has 4 rings (SSSR count). The monoisotopic (exact) mass is 399 g/mol. The van der Waals surface area contributed by atoms with Crippen molar-refractivity contribution < 1.29 is 4.79 Å². The van der Waals surface area contributed by atoms with Gasteiger partial charge in [-0.15, -0.1) is 5.10 Å². The average molecular weight is 400 g/mol. The lowest BCUT2D eigenvalue weighted by molar-refractivity contribution is -0.129. The molecule has 150 valence electrons. The maximum absolute atomic E-state index is 13.0. The number of tetrazole rings is 1. The van der Waals surface area contributed by atoms with Gasteiger partial charge in [0.15, 0.2) is 0 Å². The van der Waals surface area contributed by atoms with E-state index < -0.39 is 0 Å². The lowest BCUT2D eigenvalue weighted by atomic mass is 9.65. The fourth-order valence-electron chi connectivity index (χ4n) is 5.42. The number of thioether (sulfide) groups is 1. The van der Waals surface area contributed by atoms with E-state index in [4.69, 9.17) is 0 Å². The van der Waals surface area contributed by atoms with Crippen LogP contribution in [-0.4, -0.2) is 49.4 Å². The summed E-state index contributed by atoms with van der Waals surface area (Å²) in [5, 5.41) is 12.8. The third kappa shape index (κ3) is 3.69. The number of carbonyl (C=O) groups is 1. The molecule has 2 atom stereocenters. The molecule has 0 N–H and O–H groups in total. The van der Waals surface area contributed by atoms with E-state index in [0.717, 1.165) is 30.6 Å². The van der Waals surface area contributed by atoms with Crippen LogP contribution in [-0.2, 0) is 4.79 Å². The largest absolute Gasteiger partial charge is 0.338 e. The van der Waals surface area contributed by atoms with Crippen LogP contribution in [0.5, 0.6) is 0 Å². The molecule has 7 heteroatoms. The van der Waals surface area contributed by atoms with Crippen LogP contribution in [0.1, 0.15) is 51.2 Å². The number of aromatic nitrogens is 4. The van der Waals surface area contributed by atoms with Gasteiger partial charge in [0, 0.05) is 12.6 Å². The number of hydrogen-bond acceptors (Lipinski definition) is 5. The van der Waals surface area contributed by atoms with Crippen molar-refractivity contribution in [1.82, 2.24) is 25.1 Å². The van der Waals surface area contributed by atoms with Crippen molar-refractivity contribution >= 4 is 17.7 Å². The van der Waals surface area contributed by atoms with E-state index in [2.05, 4.69) is 67.2 Å². The van der Waals surface area contributed by atoms with Gasteiger partial charge in [0.25, 0.3) is 0 Å². The van der Waals surface area contributed by atoms with Crippen molar-refractivity contribution in [1.29, 1.82) is 0 Å². The Hall–Kier alpha value is -1.89. The highest BCUT2D eigenvalue weighted by molar-refractivity contribution is 7.99. The smallest absolute Gasteiger partial charge is 0.233 e. The molecule has 2 aromatic rings. The van der Waals surface area contributed by atoms with Crippen LogP contribution in [0, 0.1) is 24.7 Å². The van der Waals surface area contributed by atoms with E-state index in [0.29, 0.717) is 22.4 Å². The fraction of sp³-hybridized carbons (Fsp3) is 0.619. The first kappa shape index (κ1) is 19.4. The molecule has 2 fully saturated rings. The molecule has 1 aliphatic heterocycles. The molecule has 0 radical (unpaired) electrons. The van der Waals surface area contributed by atoms with Crippen LogP contribution in [0.15, 0.2) is 23.4 Å². The predicted molar refractivity (Wildman–Crippen MR) is 111 cm³/mol. The van der Waals surface area contributed by atoms with Crippen LogP contribution in [0.25, 0.3) is 5.69 Å². The Labute approximate surface area is 171 Å². The minimum atomic E-state index is 0.201. The zero-order valence-corrected chi connectivity index (χ0v) is 18.2. The lowest BCUT2D eigenvalue weighted by Gasteiger charge is -2.39. The molecule has 2 aliphatic rings. The summed E-state index contributed by atoms with van der Waals surface area (Å²) < 4.78 is 1.74. The topological polar surface area (TPSA) is 63.9 Å². The predicted octanol–water partition coefficient (Wildman–Crippen LogP) is 3.80. The van der Waals surface area contributed by atoms with E-state index in [1.807, 2.05) is 6.07 Å². The summed E-state index contributed by atoms with van der Waals surface area (Å²) in [6, 6.07) is 6.57. The molecule has 1 aromatic heterocycles. The Morgan fingerprint density at radius 3 is 2.79 bits per heavy atom. The molecule has 2 bridgehead atoms. The van der Waals surface area contributed by atoms with Gasteiger partial charge in [-0.1, -0.05) is 50.2 Å². The molecule has 28 heavy (non-hydrogen) atoms. The quantitative estimate of drug-likeness (QED) is 0.732. The molecule has 0 unspecified atom stereocenters. The third-order valence-electron chi connectivity index (χ3n) is 6.08. The van der Waals surface area contributed by atoms with Crippen molar-refractivity contribution in [3.05, 3.63) is 29.3 Å². The Morgan fingerprint density at radius 2 is 2.04 bits per heavy atom. The third-order valence-corrected chi connectivity index (χ3v) is 6.99. The second-order valence-corrected chi connectivity index (χ2v) is 10.6. The second kappa shape index (κ2) is 6.87. The number of amides is 1. The summed E-state index contributed by atoms with van der Waals surface area (Å²) in [7, 11) is 0. The van der Waals surface area contributed by atoms with Gasteiger partial charge < -0.3 is 4.90 Å². The van der Waals surface area contributed by atoms with Crippen molar-refractivity contribution in [2.24, 2.45) is 10.8 Å². The first-order valence-electron chi connectivity index (χ1n) is 9.94. The van der Waals surface area contributed by atoms with Gasteiger partial charge in [-0.05, 0) is 66.0 Å². The van der Waals surface area contributed by atoms with Gasteiger partial charge in [0.05, 0.1) is 11.4 Å². The summed E-state index contributed by atoms with van der Waals surface area (Å²) >= 11 is 1.43. The van der Waals surface area contributed by atoms with Crippen molar-refractivity contribution in [2.75, 3.05) is 12.3 Å². The number of hydrogen-bond donors (Lipinski definition) is 0. The summed E-state index contributed by atoms with van der Waals surface area (Å²) in [6.45, 7) is 12.0. The van der Waals surface area contributed by atoms with Crippen molar-refractivity contribution in [2.45, 2.75) is 65.1 Å². The number of aryl methyl sites for hydroxylation is 2. The summed E-state index contributed by atoms with van der Waals surface area (Å²) in [6.07, 6.45) is 3.42. The van der Waals surface area contributed by atoms with E-state index in [1.165, 1.54) is 23.7 Å².